The summed E-state index contributed by atoms with van der Waals surface area (Å²) in [7, 11) is -3.50. The molecule has 1 saturated heterocycles. The first-order valence-corrected chi connectivity index (χ1v) is 11.7. The van der Waals surface area contributed by atoms with Crippen molar-refractivity contribution >= 4 is 56.2 Å². The number of rotatable bonds is 5. The normalized spacial score (nSPS) is 16.3. The quantitative estimate of drug-likeness (QED) is 0.737. The van der Waals surface area contributed by atoms with Crippen LogP contribution < -0.4 is 5.32 Å². The fraction of sp³-hybridized carbons (Fsp3) is 0.389. The van der Waals surface area contributed by atoms with Crippen molar-refractivity contribution in [3.8, 4) is 0 Å². The molecule has 1 amide bonds. The lowest BCUT2D eigenvalue weighted by Crippen LogP contribution is -2.50. The molecule has 3 rings (SSSR count). The second-order valence-corrected chi connectivity index (χ2v) is 10.8. The van der Waals surface area contributed by atoms with E-state index in [1.54, 1.807) is 24.3 Å². The highest BCUT2D eigenvalue weighted by Gasteiger charge is 2.31. The van der Waals surface area contributed by atoms with Gasteiger partial charge in [-0.3, -0.25) is 9.69 Å². The second kappa shape index (κ2) is 8.69. The van der Waals surface area contributed by atoms with E-state index < -0.39 is 10.0 Å². The van der Waals surface area contributed by atoms with E-state index >= 15 is 0 Å². The van der Waals surface area contributed by atoms with Crippen LogP contribution in [-0.4, -0.2) is 56.3 Å². The number of para-hydroxylation sites is 1. The summed E-state index contributed by atoms with van der Waals surface area (Å²) >= 11 is 13.6. The van der Waals surface area contributed by atoms with Crippen LogP contribution in [0.1, 0.15) is 9.75 Å². The molecule has 2 heterocycles. The van der Waals surface area contributed by atoms with Gasteiger partial charge < -0.3 is 5.32 Å². The van der Waals surface area contributed by atoms with Gasteiger partial charge in [0.15, 0.2) is 0 Å². The number of carbonyl (C=O) groups is 1. The maximum atomic E-state index is 12.9. The molecule has 1 aliphatic rings. The predicted molar refractivity (Wildman–Crippen MR) is 114 cm³/mol. The first kappa shape index (κ1) is 21.5. The number of piperazine rings is 1. The third kappa shape index (κ3) is 4.69. The zero-order valence-electron chi connectivity index (χ0n) is 15.5. The summed E-state index contributed by atoms with van der Waals surface area (Å²) < 4.78 is 27.2. The monoisotopic (exact) mass is 461 g/mol. The van der Waals surface area contributed by atoms with Crippen LogP contribution in [0.25, 0.3) is 0 Å². The molecule has 1 aromatic carbocycles. The minimum absolute atomic E-state index is 0.145. The van der Waals surface area contributed by atoms with Crippen molar-refractivity contribution in [2.45, 2.75) is 18.7 Å². The number of sulfonamides is 1. The van der Waals surface area contributed by atoms with Gasteiger partial charge in [0.2, 0.25) is 15.9 Å². The number of halogens is 2. The second-order valence-electron chi connectivity index (χ2n) is 6.60. The Morgan fingerprint density at radius 2 is 1.75 bits per heavy atom. The molecule has 1 N–H and O–H groups in total. The van der Waals surface area contributed by atoms with Gasteiger partial charge in [-0.15, -0.1) is 11.3 Å². The molecule has 1 fully saturated rings. The Hall–Kier alpha value is -1.16. The zero-order valence-corrected chi connectivity index (χ0v) is 18.7. The van der Waals surface area contributed by atoms with Crippen LogP contribution in [0.15, 0.2) is 29.2 Å². The highest BCUT2D eigenvalue weighted by Crippen LogP contribution is 2.30. The maximum Gasteiger partial charge on any atom is 0.244 e. The van der Waals surface area contributed by atoms with Crippen molar-refractivity contribution in [1.29, 1.82) is 0 Å². The summed E-state index contributed by atoms with van der Waals surface area (Å²) in [5.41, 5.74) is 0.389. The Labute approximate surface area is 179 Å². The number of nitrogens with zero attached hydrogens (tertiary/aromatic N) is 2. The average molecular weight is 462 g/mol. The molecule has 0 spiro atoms. The maximum absolute atomic E-state index is 12.9. The molecule has 152 valence electrons. The van der Waals surface area contributed by atoms with Crippen LogP contribution in [0.4, 0.5) is 5.69 Å². The third-order valence-corrected chi connectivity index (χ3v) is 8.29. The van der Waals surface area contributed by atoms with Gasteiger partial charge in [0.1, 0.15) is 0 Å². The van der Waals surface area contributed by atoms with Crippen LogP contribution in [0, 0.1) is 13.8 Å². The zero-order chi connectivity index (χ0) is 20.5. The predicted octanol–water partition coefficient (Wildman–Crippen LogP) is 3.62. The lowest BCUT2D eigenvalue weighted by Gasteiger charge is -2.33. The number of thiophene rings is 1. The molecule has 0 bridgehead atoms. The van der Waals surface area contributed by atoms with E-state index in [0.29, 0.717) is 46.8 Å². The van der Waals surface area contributed by atoms with Crippen molar-refractivity contribution < 1.29 is 13.2 Å². The van der Waals surface area contributed by atoms with Gasteiger partial charge in [-0.05, 0) is 32.0 Å². The van der Waals surface area contributed by atoms with Gasteiger partial charge in [0.25, 0.3) is 0 Å². The Kier molecular flexibility index (Phi) is 6.69. The molecule has 0 radical (unpaired) electrons. The lowest BCUT2D eigenvalue weighted by atomic mass is 10.3. The number of hydrogen-bond acceptors (Lipinski definition) is 5. The highest BCUT2D eigenvalue weighted by atomic mass is 35.5. The van der Waals surface area contributed by atoms with E-state index in [0.717, 1.165) is 9.75 Å². The fourth-order valence-electron chi connectivity index (χ4n) is 3.13. The summed E-state index contributed by atoms with van der Waals surface area (Å²) in [4.78, 5) is 16.4. The molecule has 1 aliphatic heterocycles. The SMILES string of the molecule is Cc1cc(S(=O)(=O)N2CCN(CC(=O)Nc3c(Cl)cccc3Cl)CC2)c(C)s1. The molecule has 6 nitrogen and oxygen atoms in total. The highest BCUT2D eigenvalue weighted by molar-refractivity contribution is 7.89. The Morgan fingerprint density at radius 1 is 1.14 bits per heavy atom. The molecular formula is C18H21Cl2N3O3S2. The van der Waals surface area contributed by atoms with Crippen molar-refractivity contribution in [2.75, 3.05) is 38.0 Å². The van der Waals surface area contributed by atoms with Gasteiger partial charge >= 0.3 is 0 Å². The van der Waals surface area contributed by atoms with Crippen LogP contribution in [0.2, 0.25) is 10.0 Å². The summed E-state index contributed by atoms with van der Waals surface area (Å²) in [5.74, 6) is -0.240. The standard InChI is InChI=1S/C18H21Cl2N3O3S2/c1-12-10-16(13(2)27-12)28(25,26)23-8-6-22(7-9-23)11-17(24)21-18-14(19)4-3-5-15(18)20/h3-5,10H,6-9,11H2,1-2H3,(H,21,24). The minimum Gasteiger partial charge on any atom is -0.322 e. The number of benzene rings is 1. The fourth-order valence-corrected chi connectivity index (χ4v) is 6.57. The number of hydrogen-bond donors (Lipinski definition) is 1. The van der Waals surface area contributed by atoms with E-state index in [1.165, 1.54) is 15.6 Å². The smallest absolute Gasteiger partial charge is 0.244 e. The van der Waals surface area contributed by atoms with E-state index in [-0.39, 0.29) is 12.5 Å². The van der Waals surface area contributed by atoms with E-state index in [9.17, 15) is 13.2 Å². The molecule has 0 aliphatic carbocycles. The molecule has 0 atom stereocenters. The molecule has 2 aromatic rings. The summed E-state index contributed by atoms with van der Waals surface area (Å²) in [6, 6.07) is 6.74. The van der Waals surface area contributed by atoms with Crippen molar-refractivity contribution in [3.63, 3.8) is 0 Å². The van der Waals surface area contributed by atoms with Gasteiger partial charge in [-0.1, -0.05) is 29.3 Å². The summed E-state index contributed by atoms with van der Waals surface area (Å²) in [6.45, 7) is 5.51. The van der Waals surface area contributed by atoms with Crippen molar-refractivity contribution in [3.05, 3.63) is 44.1 Å². The number of carbonyl (C=O) groups excluding carboxylic acids is 1. The molecule has 1 aromatic heterocycles. The molecule has 0 saturated carbocycles. The molecule has 0 unspecified atom stereocenters. The Bertz CT molecular complexity index is 964. The lowest BCUT2D eigenvalue weighted by molar-refractivity contribution is -0.117. The first-order valence-electron chi connectivity index (χ1n) is 8.72. The topological polar surface area (TPSA) is 69.7 Å². The van der Waals surface area contributed by atoms with E-state index in [4.69, 9.17) is 23.2 Å². The Balaban J connectivity index is 1.58. The molecule has 28 heavy (non-hydrogen) atoms. The van der Waals surface area contributed by atoms with Crippen LogP contribution in [0.3, 0.4) is 0 Å². The van der Waals surface area contributed by atoms with Crippen LogP contribution in [0.5, 0.6) is 0 Å². The van der Waals surface area contributed by atoms with Gasteiger partial charge in [-0.25, -0.2) is 8.42 Å². The molecule has 10 heteroatoms. The first-order chi connectivity index (χ1) is 13.2. The van der Waals surface area contributed by atoms with Gasteiger partial charge in [-0.2, -0.15) is 4.31 Å². The number of nitrogens with one attached hydrogen (secondary N) is 1. The van der Waals surface area contributed by atoms with Gasteiger partial charge in [0, 0.05) is 35.9 Å². The number of aryl methyl sites for hydroxylation is 2. The van der Waals surface area contributed by atoms with Crippen molar-refractivity contribution in [1.82, 2.24) is 9.21 Å². The van der Waals surface area contributed by atoms with Crippen LogP contribution >= 0.6 is 34.5 Å². The van der Waals surface area contributed by atoms with E-state index in [2.05, 4.69) is 5.32 Å². The number of anilines is 1. The average Bonchev–Trinajstić information content (AvgIpc) is 2.98. The van der Waals surface area contributed by atoms with Crippen molar-refractivity contribution in [2.24, 2.45) is 0 Å². The van der Waals surface area contributed by atoms with E-state index in [1.807, 2.05) is 18.7 Å². The summed E-state index contributed by atoms with van der Waals surface area (Å²) in [6.07, 6.45) is 0. The minimum atomic E-state index is -3.50. The van der Waals surface area contributed by atoms with Crippen LogP contribution in [-0.2, 0) is 14.8 Å². The molecular weight excluding hydrogens is 441 g/mol. The largest absolute Gasteiger partial charge is 0.322 e. The van der Waals surface area contributed by atoms with Gasteiger partial charge in [0.05, 0.1) is 27.2 Å². The number of amides is 1. The Morgan fingerprint density at radius 3 is 2.29 bits per heavy atom. The third-order valence-electron chi connectivity index (χ3n) is 4.54. The summed E-state index contributed by atoms with van der Waals surface area (Å²) in [5, 5.41) is 3.47.